The number of carbonyl (C=O) groups is 2. The number of phenolic OH excluding ortho intramolecular Hbond substituents is 1. The normalized spacial score (nSPS) is 11.4. The number of phenols is 1. The summed E-state index contributed by atoms with van der Waals surface area (Å²) in [6, 6.07) is 3.87. The average molecular weight is 309 g/mol. The highest BCUT2D eigenvalue weighted by molar-refractivity contribution is 6.33. The lowest BCUT2D eigenvalue weighted by atomic mass is 9.79. The molecule has 0 aliphatic rings. The second-order valence-electron chi connectivity index (χ2n) is 7.19. The Morgan fingerprint density at radius 2 is 1.32 bits per heavy atom. The number of amides is 2. The largest absolute Gasteiger partial charge is 0.506 e. The third-order valence-electron chi connectivity index (χ3n) is 3.08. The molecule has 1 aromatic rings. The van der Waals surface area contributed by atoms with Crippen molar-refractivity contribution < 1.29 is 14.7 Å². The maximum Gasteiger partial charge on any atom is 0.306 e. The Kier molecular flexibility index (Phi) is 6.00. The van der Waals surface area contributed by atoms with Crippen molar-refractivity contribution in [1.29, 1.82) is 0 Å². The summed E-state index contributed by atoms with van der Waals surface area (Å²) in [6.45, 7) is 12.7. The van der Waals surface area contributed by atoms with Crippen LogP contribution < -0.4 is 17.2 Å². The summed E-state index contributed by atoms with van der Waals surface area (Å²) in [6.07, 6.45) is 0. The highest BCUT2D eigenvalue weighted by Crippen LogP contribution is 2.37. The summed E-state index contributed by atoms with van der Waals surface area (Å²) < 4.78 is 0. The molecule has 0 radical (unpaired) electrons. The number of aromatic hydroxyl groups is 1. The second kappa shape index (κ2) is 6.68. The van der Waals surface area contributed by atoms with Gasteiger partial charge < -0.3 is 22.3 Å². The molecule has 2 amide bonds. The molecule has 0 atom stereocenters. The van der Waals surface area contributed by atoms with Crippen molar-refractivity contribution in [2.24, 2.45) is 11.5 Å². The van der Waals surface area contributed by atoms with Gasteiger partial charge in [-0.05, 0) is 28.0 Å². The number of hydrogen-bond acceptors (Lipinski definition) is 4. The van der Waals surface area contributed by atoms with Gasteiger partial charge in [0.05, 0.1) is 5.69 Å². The van der Waals surface area contributed by atoms with E-state index in [4.69, 9.17) is 5.73 Å². The molecule has 124 valence electrons. The van der Waals surface area contributed by atoms with E-state index in [2.05, 4.69) is 59.1 Å². The van der Waals surface area contributed by atoms with Crippen LogP contribution in [0.25, 0.3) is 0 Å². The molecular weight excluding hydrogens is 282 g/mol. The summed E-state index contributed by atoms with van der Waals surface area (Å²) in [5, 5.41) is 9.88. The Hall–Kier alpha value is -2.24. The number of hydrogen-bond donors (Lipinski definition) is 4. The smallest absolute Gasteiger partial charge is 0.306 e. The number of anilines is 1. The summed E-state index contributed by atoms with van der Waals surface area (Å²) in [5.74, 6) is -2.01. The minimum absolute atomic E-state index is 0.0190. The lowest BCUT2D eigenvalue weighted by Crippen LogP contribution is -2.29. The lowest BCUT2D eigenvalue weighted by molar-refractivity contribution is -0.135. The van der Waals surface area contributed by atoms with E-state index in [1.54, 1.807) is 6.07 Å². The van der Waals surface area contributed by atoms with Crippen LogP contribution in [0.4, 0.5) is 5.69 Å². The fourth-order valence-electron chi connectivity index (χ4n) is 1.69. The molecule has 0 bridgehead atoms. The van der Waals surface area contributed by atoms with Crippen LogP contribution in [-0.4, -0.2) is 16.9 Å². The van der Waals surface area contributed by atoms with Crippen molar-refractivity contribution >= 4 is 17.5 Å². The Bertz CT molecular complexity index is 555. The van der Waals surface area contributed by atoms with Gasteiger partial charge in [-0.25, -0.2) is 0 Å². The first-order valence-electron chi connectivity index (χ1n) is 6.90. The van der Waals surface area contributed by atoms with E-state index >= 15 is 0 Å². The minimum atomic E-state index is -1.10. The van der Waals surface area contributed by atoms with Gasteiger partial charge in [-0.1, -0.05) is 47.6 Å². The second-order valence-corrected chi connectivity index (χ2v) is 7.19. The molecule has 0 aliphatic carbocycles. The maximum atomic E-state index is 9.88. The van der Waals surface area contributed by atoms with Gasteiger partial charge in [0, 0.05) is 0 Å². The predicted octanol–water partition coefficient (Wildman–Crippen LogP) is 1.53. The number of carbonyl (C=O) groups excluding carboxylic acids is 2. The van der Waals surface area contributed by atoms with Gasteiger partial charge in [-0.3, -0.25) is 9.59 Å². The molecule has 0 unspecified atom stereocenters. The molecule has 0 aromatic heterocycles. The number of nitrogens with two attached hydrogens (primary N) is 3. The summed E-state index contributed by atoms with van der Waals surface area (Å²) in [5.41, 5.74) is 17.2. The first-order valence-corrected chi connectivity index (χ1v) is 6.90. The Morgan fingerprint density at radius 1 is 0.909 bits per heavy atom. The SMILES string of the molecule is CC(C)(C)c1cc(O)c(N)c(C(C)(C)C)c1.NC(=O)C(N)=O. The number of primary amides is 2. The van der Waals surface area contributed by atoms with Gasteiger partial charge in [0.15, 0.2) is 0 Å². The molecule has 7 N–H and O–H groups in total. The molecule has 1 rings (SSSR count). The van der Waals surface area contributed by atoms with E-state index in [0.717, 1.165) is 11.1 Å². The zero-order valence-electron chi connectivity index (χ0n) is 14.2. The third kappa shape index (κ3) is 5.63. The zero-order chi connectivity index (χ0) is 17.9. The number of nitrogen functional groups attached to an aromatic ring is 1. The van der Waals surface area contributed by atoms with Crippen molar-refractivity contribution in [2.45, 2.75) is 52.4 Å². The number of rotatable bonds is 0. The van der Waals surface area contributed by atoms with Crippen molar-refractivity contribution in [3.05, 3.63) is 23.3 Å². The van der Waals surface area contributed by atoms with E-state index in [1.807, 2.05) is 0 Å². The Morgan fingerprint density at radius 3 is 1.59 bits per heavy atom. The van der Waals surface area contributed by atoms with Crippen molar-refractivity contribution in [3.63, 3.8) is 0 Å². The fourth-order valence-corrected chi connectivity index (χ4v) is 1.69. The van der Waals surface area contributed by atoms with E-state index in [1.165, 1.54) is 0 Å². The number of benzene rings is 1. The van der Waals surface area contributed by atoms with Crippen LogP contribution in [0.2, 0.25) is 0 Å². The van der Waals surface area contributed by atoms with E-state index in [0.29, 0.717) is 5.69 Å². The van der Waals surface area contributed by atoms with Gasteiger partial charge in [-0.2, -0.15) is 0 Å². The molecule has 0 saturated carbocycles. The van der Waals surface area contributed by atoms with Crippen molar-refractivity contribution in [2.75, 3.05) is 5.73 Å². The van der Waals surface area contributed by atoms with Crippen LogP contribution >= 0.6 is 0 Å². The van der Waals surface area contributed by atoms with E-state index in [-0.39, 0.29) is 16.6 Å². The molecule has 6 heteroatoms. The molecular formula is C16H27N3O3. The van der Waals surface area contributed by atoms with Crippen molar-refractivity contribution in [1.82, 2.24) is 0 Å². The highest BCUT2D eigenvalue weighted by Gasteiger charge is 2.23. The van der Waals surface area contributed by atoms with Crippen LogP contribution in [0.5, 0.6) is 5.75 Å². The quantitative estimate of drug-likeness (QED) is 0.328. The first kappa shape index (κ1) is 19.8. The van der Waals surface area contributed by atoms with Gasteiger partial charge in [0.1, 0.15) is 5.75 Å². The molecule has 0 fully saturated rings. The predicted molar refractivity (Wildman–Crippen MR) is 88.3 cm³/mol. The third-order valence-corrected chi connectivity index (χ3v) is 3.08. The Balaban J connectivity index is 0.000000626. The van der Waals surface area contributed by atoms with Gasteiger partial charge in [-0.15, -0.1) is 0 Å². The van der Waals surface area contributed by atoms with Gasteiger partial charge in [0.25, 0.3) is 0 Å². The molecule has 0 aliphatic heterocycles. The lowest BCUT2D eigenvalue weighted by Gasteiger charge is -2.26. The first-order chi connectivity index (χ1) is 9.67. The van der Waals surface area contributed by atoms with Crippen LogP contribution in [0.3, 0.4) is 0 Å². The Labute approximate surface area is 131 Å². The van der Waals surface area contributed by atoms with Crippen molar-refractivity contribution in [3.8, 4) is 5.75 Å². The standard InChI is InChI=1S/C14H23NO.C2H4N2O2/c1-13(2,3)9-7-10(14(4,5)6)12(15)11(16)8-9;3-1(5)2(4)6/h7-8,16H,15H2,1-6H3;(H2,3,5)(H2,4,6). The fraction of sp³-hybridized carbons (Fsp3) is 0.500. The van der Waals surface area contributed by atoms with Crippen LogP contribution in [-0.2, 0) is 20.4 Å². The maximum absolute atomic E-state index is 9.88. The molecule has 0 heterocycles. The van der Waals surface area contributed by atoms with Gasteiger partial charge >= 0.3 is 11.8 Å². The highest BCUT2D eigenvalue weighted by atomic mass is 16.3. The van der Waals surface area contributed by atoms with Crippen LogP contribution in [0, 0.1) is 0 Å². The topological polar surface area (TPSA) is 132 Å². The molecule has 1 aromatic carbocycles. The average Bonchev–Trinajstić information content (AvgIpc) is 2.30. The summed E-state index contributed by atoms with van der Waals surface area (Å²) in [4.78, 5) is 18.9. The molecule has 0 spiro atoms. The van der Waals surface area contributed by atoms with Crippen LogP contribution in [0.15, 0.2) is 12.1 Å². The molecule has 0 saturated heterocycles. The summed E-state index contributed by atoms with van der Waals surface area (Å²) >= 11 is 0. The van der Waals surface area contributed by atoms with E-state index in [9.17, 15) is 14.7 Å². The van der Waals surface area contributed by atoms with Crippen LogP contribution in [0.1, 0.15) is 52.7 Å². The van der Waals surface area contributed by atoms with Gasteiger partial charge in [0.2, 0.25) is 0 Å². The molecule has 22 heavy (non-hydrogen) atoms. The molecule has 6 nitrogen and oxygen atoms in total. The minimum Gasteiger partial charge on any atom is -0.506 e. The summed E-state index contributed by atoms with van der Waals surface area (Å²) in [7, 11) is 0. The zero-order valence-corrected chi connectivity index (χ0v) is 14.2. The monoisotopic (exact) mass is 309 g/mol. The van der Waals surface area contributed by atoms with E-state index < -0.39 is 11.8 Å².